The maximum atomic E-state index is 2.52. The van der Waals surface area contributed by atoms with Gasteiger partial charge in [0.2, 0.25) is 0 Å². The van der Waals surface area contributed by atoms with Gasteiger partial charge in [0, 0.05) is 33.5 Å². The molecule has 0 saturated heterocycles. The molecular weight excluding hydrogens is 973 g/mol. The lowest BCUT2D eigenvalue weighted by Gasteiger charge is -2.31. The first-order valence-corrected chi connectivity index (χ1v) is 34.6. The van der Waals surface area contributed by atoms with Gasteiger partial charge in [-0.3, -0.25) is 0 Å². The molecule has 0 heterocycles. The first kappa shape index (κ1) is 50.5. The van der Waals surface area contributed by atoms with Gasteiger partial charge in [0.25, 0.3) is 0 Å². The lowest BCUT2D eigenvalue weighted by Crippen LogP contribution is -2.37. The van der Waals surface area contributed by atoms with Crippen LogP contribution in [0.2, 0.25) is 39.3 Å². The predicted octanol–water partition coefficient (Wildman–Crippen LogP) is 20.5. The van der Waals surface area contributed by atoms with Gasteiger partial charge >= 0.3 is 0 Å². The molecule has 0 aliphatic carbocycles. The number of nitrogens with zero attached hydrogens (tertiary/aromatic N) is 2. The van der Waals surface area contributed by atoms with E-state index in [0.29, 0.717) is 0 Å². The second-order valence-corrected chi connectivity index (χ2v) is 34.0. The average molecular weight is 1040 g/mol. The quantitative estimate of drug-likeness (QED) is 0.0889. The molecule has 12 aromatic rings. The van der Waals surface area contributed by atoms with Crippen LogP contribution in [0.3, 0.4) is 0 Å². The summed E-state index contributed by atoms with van der Waals surface area (Å²) in [7, 11) is -3.19. The summed E-state index contributed by atoms with van der Waals surface area (Å²) in [6.45, 7) is 23.2. The number of hydrogen-bond donors (Lipinski definition) is 0. The second-order valence-electron chi connectivity index (χ2n) is 23.9. The number of aryl methyl sites for hydroxylation is 4. The molecule has 2 nitrogen and oxygen atoms in total. The van der Waals surface area contributed by atoms with Gasteiger partial charge in [0.1, 0.15) is 0 Å². The molecule has 382 valence electrons. The Labute approximate surface area is 464 Å². The van der Waals surface area contributed by atoms with E-state index in [1.165, 1.54) is 109 Å². The van der Waals surface area contributed by atoms with Gasteiger partial charge in [-0.05, 0) is 167 Å². The molecule has 78 heavy (non-hydrogen) atoms. The predicted molar refractivity (Wildman–Crippen MR) is 346 cm³/mol. The van der Waals surface area contributed by atoms with Crippen LogP contribution in [0.15, 0.2) is 231 Å². The zero-order valence-electron chi connectivity index (χ0n) is 46.8. The molecule has 0 radical (unpaired) electrons. The van der Waals surface area contributed by atoms with Crippen molar-refractivity contribution >= 4 is 93.0 Å². The third kappa shape index (κ3) is 9.76. The van der Waals surface area contributed by atoms with E-state index in [4.69, 9.17) is 0 Å². The van der Waals surface area contributed by atoms with Crippen LogP contribution >= 0.6 is 0 Å². The topological polar surface area (TPSA) is 6.48 Å². The number of benzene rings is 12. The fourth-order valence-corrected chi connectivity index (χ4v) is 13.7. The molecule has 0 unspecified atom stereocenters. The Morgan fingerprint density at radius 1 is 0.244 bits per heavy atom. The number of hydrogen-bond acceptors (Lipinski definition) is 2. The van der Waals surface area contributed by atoms with Crippen LogP contribution in [-0.4, -0.2) is 16.1 Å². The highest BCUT2D eigenvalue weighted by Gasteiger charge is 2.25. The maximum Gasteiger partial charge on any atom is 0.0775 e. The summed E-state index contributed by atoms with van der Waals surface area (Å²) < 4.78 is 0. The van der Waals surface area contributed by atoms with Crippen LogP contribution in [0.1, 0.15) is 22.3 Å². The van der Waals surface area contributed by atoms with Crippen molar-refractivity contribution < 1.29 is 0 Å². The van der Waals surface area contributed by atoms with E-state index in [2.05, 4.69) is 307 Å². The molecule has 0 saturated carbocycles. The summed E-state index contributed by atoms with van der Waals surface area (Å²) in [4.78, 5) is 5.04. The fourth-order valence-electron chi connectivity index (χ4n) is 11.4. The Morgan fingerprint density at radius 3 is 0.782 bits per heavy atom. The summed E-state index contributed by atoms with van der Waals surface area (Å²) in [5.74, 6) is 0. The molecule has 0 aromatic heterocycles. The molecule has 0 aliphatic heterocycles. The normalized spacial score (nSPS) is 12.0. The second kappa shape index (κ2) is 19.9. The summed E-state index contributed by atoms with van der Waals surface area (Å²) >= 11 is 0. The lowest BCUT2D eigenvalue weighted by atomic mass is 9.91. The van der Waals surface area contributed by atoms with Gasteiger partial charge in [0.15, 0.2) is 0 Å². The first-order valence-electron chi connectivity index (χ1n) is 27.6. The van der Waals surface area contributed by atoms with Gasteiger partial charge in [-0.1, -0.05) is 230 Å². The largest absolute Gasteiger partial charge is 0.310 e. The third-order valence-electron chi connectivity index (χ3n) is 16.0. The van der Waals surface area contributed by atoms with Gasteiger partial charge in [-0.2, -0.15) is 0 Å². The van der Waals surface area contributed by atoms with Gasteiger partial charge in [0.05, 0.1) is 27.5 Å². The Balaban J connectivity index is 1.11. The van der Waals surface area contributed by atoms with Crippen molar-refractivity contribution in [1.29, 1.82) is 0 Å². The van der Waals surface area contributed by atoms with Crippen molar-refractivity contribution in [2.75, 3.05) is 9.80 Å². The van der Waals surface area contributed by atoms with Crippen LogP contribution in [0.4, 0.5) is 34.1 Å². The highest BCUT2D eigenvalue weighted by Crippen LogP contribution is 2.49. The smallest absolute Gasteiger partial charge is 0.0775 e. The number of anilines is 6. The average Bonchev–Trinajstić information content (AvgIpc) is 3.62. The van der Waals surface area contributed by atoms with E-state index < -0.39 is 16.1 Å². The lowest BCUT2D eigenvalue weighted by molar-refractivity contribution is 1.30. The Hall–Kier alpha value is -8.29. The first-order chi connectivity index (χ1) is 37.5. The summed E-state index contributed by atoms with van der Waals surface area (Å²) in [5, 5.41) is 10.3. The molecule has 0 amide bonds. The van der Waals surface area contributed by atoms with Gasteiger partial charge < -0.3 is 9.80 Å². The number of rotatable bonds is 12. The van der Waals surface area contributed by atoms with Gasteiger partial charge in [-0.15, -0.1) is 0 Å². The zero-order valence-corrected chi connectivity index (χ0v) is 48.8. The zero-order chi connectivity index (χ0) is 54.0. The van der Waals surface area contributed by atoms with Crippen LogP contribution in [0.5, 0.6) is 0 Å². The van der Waals surface area contributed by atoms with Crippen molar-refractivity contribution in [2.24, 2.45) is 0 Å². The molecular formula is C74H68N2Si2. The van der Waals surface area contributed by atoms with Crippen LogP contribution < -0.4 is 20.2 Å². The monoisotopic (exact) mass is 1040 g/mol. The summed E-state index contributed by atoms with van der Waals surface area (Å²) in [6, 6.07) is 88.0. The van der Waals surface area contributed by atoms with Crippen LogP contribution in [-0.2, 0) is 0 Å². The molecule has 12 rings (SSSR count). The molecule has 4 heteroatoms. The minimum Gasteiger partial charge on any atom is -0.310 e. The molecule has 12 aromatic carbocycles. The maximum absolute atomic E-state index is 2.52. The molecule has 0 aliphatic rings. The standard InChI is InChI=1S/C74H68N2Si2/c1-49-11-19-53(20-12-49)59-43-60(54-21-13-50(2)14-22-54)46-65(45-59)75(63-31-35-67(36-32-63)77(5,6)7)71-41-29-57-28-40-70-72(42-30-58-27-39-69(71)73(57)74(58)70)76(64-33-37-68(38-34-64)78(8,9)10)66-47-61(55-23-15-51(3)16-24-55)44-62(48-66)56-25-17-52(4)18-26-56/h11-48H,1-10H3. The Morgan fingerprint density at radius 2 is 0.513 bits per heavy atom. The van der Waals surface area contributed by atoms with E-state index in [-0.39, 0.29) is 0 Å². The van der Waals surface area contributed by atoms with Crippen LogP contribution in [0, 0.1) is 27.7 Å². The van der Waals surface area contributed by atoms with Gasteiger partial charge in [-0.25, -0.2) is 0 Å². The van der Waals surface area contributed by atoms with E-state index in [1.54, 1.807) is 0 Å². The minimum absolute atomic E-state index is 1.12. The molecule has 0 bridgehead atoms. The SMILES string of the molecule is Cc1ccc(-c2cc(-c3ccc(C)cc3)cc(N(c3ccc([Si](C)(C)C)cc3)c3ccc4ccc5c(N(c6ccc([Si](C)(C)C)cc6)c6cc(-c7ccc(C)cc7)cc(-c7ccc(C)cc7)c6)ccc6ccc3c4c65)c2)cc1. The van der Waals surface area contributed by atoms with E-state index in [9.17, 15) is 0 Å². The van der Waals surface area contributed by atoms with Crippen molar-refractivity contribution in [3.8, 4) is 44.5 Å². The minimum atomic E-state index is -1.59. The molecule has 0 fully saturated rings. The summed E-state index contributed by atoms with van der Waals surface area (Å²) in [6.07, 6.45) is 0. The highest BCUT2D eigenvalue weighted by atomic mass is 28.3. The Kier molecular flexibility index (Phi) is 12.9. The fraction of sp³-hybridized carbons (Fsp3) is 0.135. The van der Waals surface area contributed by atoms with E-state index in [1.807, 2.05) is 0 Å². The summed E-state index contributed by atoms with van der Waals surface area (Å²) in [5.41, 5.74) is 21.3. The van der Waals surface area contributed by atoms with Crippen molar-refractivity contribution in [3.63, 3.8) is 0 Å². The third-order valence-corrected chi connectivity index (χ3v) is 20.1. The highest BCUT2D eigenvalue weighted by molar-refractivity contribution is 6.89. The van der Waals surface area contributed by atoms with E-state index in [0.717, 1.165) is 34.1 Å². The van der Waals surface area contributed by atoms with Crippen molar-refractivity contribution in [1.82, 2.24) is 0 Å². The van der Waals surface area contributed by atoms with Crippen molar-refractivity contribution in [2.45, 2.75) is 67.0 Å². The Bertz CT molecular complexity index is 3740. The molecule has 0 N–H and O–H groups in total. The molecule has 0 atom stereocenters. The van der Waals surface area contributed by atoms with Crippen LogP contribution in [0.25, 0.3) is 76.8 Å². The molecule has 0 spiro atoms. The van der Waals surface area contributed by atoms with E-state index >= 15 is 0 Å². The van der Waals surface area contributed by atoms with Crippen molar-refractivity contribution in [3.05, 3.63) is 253 Å².